The fourth-order valence-corrected chi connectivity index (χ4v) is 2.06. The van der Waals surface area contributed by atoms with Gasteiger partial charge in [-0.15, -0.1) is 0 Å². The first-order chi connectivity index (χ1) is 7.69. The Hall–Kier alpha value is -0.730. The molecule has 2 nitrogen and oxygen atoms in total. The van der Waals surface area contributed by atoms with Crippen molar-refractivity contribution in [1.82, 2.24) is 4.90 Å². The van der Waals surface area contributed by atoms with Gasteiger partial charge in [-0.05, 0) is 38.1 Å². The second-order valence-electron chi connectivity index (χ2n) is 4.01. The van der Waals surface area contributed by atoms with E-state index in [1.165, 1.54) is 0 Å². The molecule has 0 aromatic heterocycles. The van der Waals surface area contributed by atoms with Crippen LogP contribution in [0.3, 0.4) is 0 Å². The number of phenolic OH excluding ortho intramolecular Hbond substituents is 1. The van der Waals surface area contributed by atoms with E-state index in [2.05, 4.69) is 18.7 Å². The van der Waals surface area contributed by atoms with E-state index in [9.17, 15) is 5.11 Å². The molecular formula is C13H20ClNO. The van der Waals surface area contributed by atoms with Crippen LogP contribution in [0.5, 0.6) is 5.75 Å². The summed E-state index contributed by atoms with van der Waals surface area (Å²) in [6, 6.07) is 5.29. The van der Waals surface area contributed by atoms with Crippen LogP contribution < -0.4 is 0 Å². The predicted octanol–water partition coefficient (Wildman–Crippen LogP) is 3.67. The van der Waals surface area contributed by atoms with Crippen LogP contribution in [-0.4, -0.2) is 23.1 Å². The summed E-state index contributed by atoms with van der Waals surface area (Å²) in [5.74, 6) is 0.296. The van der Waals surface area contributed by atoms with Crippen molar-refractivity contribution in [2.75, 3.05) is 13.1 Å². The average molecular weight is 242 g/mol. The van der Waals surface area contributed by atoms with Gasteiger partial charge >= 0.3 is 0 Å². The molecule has 90 valence electrons. The van der Waals surface area contributed by atoms with E-state index in [0.717, 1.165) is 38.0 Å². The largest absolute Gasteiger partial charge is 0.508 e. The Balaban J connectivity index is 2.76. The SMILES string of the molecule is CCCN(CCC)Cc1c(O)cccc1Cl. The van der Waals surface area contributed by atoms with Crippen LogP contribution in [0.2, 0.25) is 5.02 Å². The van der Waals surface area contributed by atoms with Gasteiger partial charge in [-0.3, -0.25) is 4.90 Å². The molecule has 0 unspecified atom stereocenters. The maximum Gasteiger partial charge on any atom is 0.121 e. The van der Waals surface area contributed by atoms with Gasteiger partial charge in [0.05, 0.1) is 0 Å². The Morgan fingerprint density at radius 1 is 1.19 bits per heavy atom. The summed E-state index contributed by atoms with van der Waals surface area (Å²) in [5.41, 5.74) is 0.839. The number of aromatic hydroxyl groups is 1. The summed E-state index contributed by atoms with van der Waals surface area (Å²) in [5, 5.41) is 10.4. The van der Waals surface area contributed by atoms with Crippen molar-refractivity contribution in [1.29, 1.82) is 0 Å². The predicted molar refractivity (Wildman–Crippen MR) is 69.0 cm³/mol. The van der Waals surface area contributed by atoms with Crippen molar-refractivity contribution in [3.8, 4) is 5.75 Å². The number of hydrogen-bond donors (Lipinski definition) is 1. The van der Waals surface area contributed by atoms with Crippen molar-refractivity contribution in [3.63, 3.8) is 0 Å². The third kappa shape index (κ3) is 3.69. The molecule has 0 atom stereocenters. The molecule has 0 saturated heterocycles. The number of hydrogen-bond acceptors (Lipinski definition) is 2. The van der Waals surface area contributed by atoms with E-state index < -0.39 is 0 Å². The maximum absolute atomic E-state index is 9.77. The molecule has 0 radical (unpaired) electrons. The molecule has 1 rings (SSSR count). The molecule has 0 aliphatic heterocycles. The normalized spacial score (nSPS) is 11.0. The summed E-state index contributed by atoms with van der Waals surface area (Å²) in [4.78, 5) is 2.32. The molecule has 1 aromatic carbocycles. The molecule has 0 fully saturated rings. The van der Waals surface area contributed by atoms with E-state index in [1.54, 1.807) is 12.1 Å². The van der Waals surface area contributed by atoms with Crippen LogP contribution in [0.1, 0.15) is 32.3 Å². The van der Waals surface area contributed by atoms with Gasteiger partial charge in [0, 0.05) is 17.1 Å². The van der Waals surface area contributed by atoms with Crippen LogP contribution in [0, 0.1) is 0 Å². The fraction of sp³-hybridized carbons (Fsp3) is 0.538. The third-order valence-corrected chi connectivity index (χ3v) is 2.91. The molecule has 16 heavy (non-hydrogen) atoms. The van der Waals surface area contributed by atoms with E-state index in [0.29, 0.717) is 10.8 Å². The monoisotopic (exact) mass is 241 g/mol. The van der Waals surface area contributed by atoms with Crippen LogP contribution in [0.25, 0.3) is 0 Å². The first-order valence-corrected chi connectivity index (χ1v) is 6.25. The van der Waals surface area contributed by atoms with Crippen LogP contribution in [0.4, 0.5) is 0 Å². The lowest BCUT2D eigenvalue weighted by Crippen LogP contribution is -2.25. The third-order valence-electron chi connectivity index (χ3n) is 2.56. The van der Waals surface area contributed by atoms with E-state index >= 15 is 0 Å². The van der Waals surface area contributed by atoms with Crippen LogP contribution in [-0.2, 0) is 6.54 Å². The highest BCUT2D eigenvalue weighted by molar-refractivity contribution is 6.31. The molecule has 0 bridgehead atoms. The van der Waals surface area contributed by atoms with Gasteiger partial charge in [-0.25, -0.2) is 0 Å². The lowest BCUT2D eigenvalue weighted by molar-refractivity contribution is 0.263. The fourth-order valence-electron chi connectivity index (χ4n) is 1.83. The highest BCUT2D eigenvalue weighted by atomic mass is 35.5. The van der Waals surface area contributed by atoms with Crippen LogP contribution in [0.15, 0.2) is 18.2 Å². The molecule has 1 aromatic rings. The standard InChI is InChI=1S/C13H20ClNO/c1-3-8-15(9-4-2)10-11-12(14)6-5-7-13(11)16/h5-7,16H,3-4,8-10H2,1-2H3. The quantitative estimate of drug-likeness (QED) is 0.822. The van der Waals surface area contributed by atoms with Crippen molar-refractivity contribution in [2.24, 2.45) is 0 Å². The Kier molecular flexibility index (Phi) is 5.64. The highest BCUT2D eigenvalue weighted by Gasteiger charge is 2.10. The molecule has 0 amide bonds. The Morgan fingerprint density at radius 2 is 1.81 bits per heavy atom. The van der Waals surface area contributed by atoms with E-state index in [-0.39, 0.29) is 0 Å². The summed E-state index contributed by atoms with van der Waals surface area (Å²) < 4.78 is 0. The van der Waals surface area contributed by atoms with Gasteiger partial charge in [0.1, 0.15) is 5.75 Å². The zero-order chi connectivity index (χ0) is 12.0. The zero-order valence-electron chi connectivity index (χ0n) is 10.0. The Labute approximate surface area is 103 Å². The summed E-state index contributed by atoms with van der Waals surface area (Å²) in [6.45, 7) is 7.13. The van der Waals surface area contributed by atoms with E-state index in [1.807, 2.05) is 6.07 Å². The summed E-state index contributed by atoms with van der Waals surface area (Å²) in [7, 11) is 0. The maximum atomic E-state index is 9.77. The Morgan fingerprint density at radius 3 is 2.31 bits per heavy atom. The second-order valence-corrected chi connectivity index (χ2v) is 4.42. The molecule has 0 spiro atoms. The average Bonchev–Trinajstić information content (AvgIpc) is 2.24. The topological polar surface area (TPSA) is 23.5 Å². The van der Waals surface area contributed by atoms with Crippen molar-refractivity contribution in [3.05, 3.63) is 28.8 Å². The molecule has 0 heterocycles. The molecule has 1 N–H and O–H groups in total. The molecule has 0 aliphatic rings. The number of nitrogens with zero attached hydrogens (tertiary/aromatic N) is 1. The number of halogens is 1. The van der Waals surface area contributed by atoms with Crippen LogP contribution >= 0.6 is 11.6 Å². The summed E-state index contributed by atoms with van der Waals surface area (Å²) in [6.07, 6.45) is 2.23. The molecule has 3 heteroatoms. The van der Waals surface area contributed by atoms with Crippen molar-refractivity contribution < 1.29 is 5.11 Å². The highest BCUT2D eigenvalue weighted by Crippen LogP contribution is 2.26. The van der Waals surface area contributed by atoms with Crippen molar-refractivity contribution >= 4 is 11.6 Å². The zero-order valence-corrected chi connectivity index (χ0v) is 10.8. The molecule has 0 aliphatic carbocycles. The Bertz CT molecular complexity index is 301. The van der Waals surface area contributed by atoms with Crippen molar-refractivity contribution in [2.45, 2.75) is 33.2 Å². The van der Waals surface area contributed by atoms with Gasteiger partial charge in [0.15, 0.2) is 0 Å². The van der Waals surface area contributed by atoms with Gasteiger partial charge < -0.3 is 5.11 Å². The number of rotatable bonds is 6. The lowest BCUT2D eigenvalue weighted by Gasteiger charge is -2.22. The lowest BCUT2D eigenvalue weighted by atomic mass is 10.1. The van der Waals surface area contributed by atoms with Gasteiger partial charge in [0.25, 0.3) is 0 Å². The first-order valence-electron chi connectivity index (χ1n) is 5.87. The summed E-state index contributed by atoms with van der Waals surface area (Å²) >= 11 is 6.09. The number of phenols is 1. The van der Waals surface area contributed by atoms with Gasteiger partial charge in [-0.1, -0.05) is 31.5 Å². The first kappa shape index (κ1) is 13.3. The second kappa shape index (κ2) is 6.77. The van der Waals surface area contributed by atoms with Gasteiger partial charge in [0.2, 0.25) is 0 Å². The minimum atomic E-state index is 0.296. The number of benzene rings is 1. The molecular weight excluding hydrogens is 222 g/mol. The minimum Gasteiger partial charge on any atom is -0.508 e. The van der Waals surface area contributed by atoms with Gasteiger partial charge in [-0.2, -0.15) is 0 Å². The smallest absolute Gasteiger partial charge is 0.121 e. The van der Waals surface area contributed by atoms with E-state index in [4.69, 9.17) is 11.6 Å². The minimum absolute atomic E-state index is 0.296. The molecule has 0 saturated carbocycles.